The number of aromatic nitrogens is 3. The number of benzene rings is 1. The molecule has 5 aromatic rings. The number of carbonyl (C=O) groups is 1. The van der Waals surface area contributed by atoms with E-state index < -0.39 is 5.97 Å². The second-order valence-electron chi connectivity index (χ2n) is 13.7. The van der Waals surface area contributed by atoms with Gasteiger partial charge in [0.05, 0.1) is 48.4 Å². The highest BCUT2D eigenvalue weighted by Crippen LogP contribution is 2.51. The maximum absolute atomic E-state index is 12.2. The molecule has 6 heterocycles. The smallest absolute Gasteiger partial charge is 0.345 e. The van der Waals surface area contributed by atoms with Crippen molar-refractivity contribution in [2.24, 2.45) is 5.92 Å². The predicted octanol–water partition coefficient (Wildman–Crippen LogP) is 7.93. The van der Waals surface area contributed by atoms with Gasteiger partial charge in [0.15, 0.2) is 0 Å². The SMILES string of the molecule is Cc1nc(C)c(-c2ccc3c4c(ccc3n2)-c2c(C3CCCCC3)c3sc(C(=O)O)cc3n2CCN4CCN2CCC(CO)CC2)s1. The van der Waals surface area contributed by atoms with Gasteiger partial charge in [-0.1, -0.05) is 19.3 Å². The molecule has 0 radical (unpaired) electrons. The Balaban J connectivity index is 1.28. The molecular formula is C37H43N5O3S2. The van der Waals surface area contributed by atoms with Crippen molar-refractivity contribution in [1.29, 1.82) is 0 Å². The third-order valence-electron chi connectivity index (χ3n) is 10.8. The van der Waals surface area contributed by atoms with Gasteiger partial charge in [-0.3, -0.25) is 0 Å². The van der Waals surface area contributed by atoms with Crippen molar-refractivity contribution in [2.75, 3.05) is 44.2 Å². The zero-order valence-electron chi connectivity index (χ0n) is 27.3. The van der Waals surface area contributed by atoms with Crippen LogP contribution < -0.4 is 4.90 Å². The molecule has 1 saturated carbocycles. The summed E-state index contributed by atoms with van der Waals surface area (Å²) in [6, 6.07) is 10.9. The molecule has 1 saturated heterocycles. The van der Waals surface area contributed by atoms with Gasteiger partial charge in [-0.15, -0.1) is 22.7 Å². The molecule has 2 N–H and O–H groups in total. The molecule has 1 aromatic carbocycles. The van der Waals surface area contributed by atoms with Crippen LogP contribution in [-0.4, -0.2) is 74.9 Å². The minimum atomic E-state index is -0.838. The lowest BCUT2D eigenvalue weighted by atomic mass is 9.82. The van der Waals surface area contributed by atoms with Crippen molar-refractivity contribution in [3.05, 3.63) is 51.5 Å². The monoisotopic (exact) mass is 669 g/mol. The van der Waals surface area contributed by atoms with Gasteiger partial charge < -0.3 is 24.6 Å². The van der Waals surface area contributed by atoms with E-state index >= 15 is 0 Å². The number of carboxylic acid groups (broad SMARTS) is 1. The van der Waals surface area contributed by atoms with Crippen LogP contribution in [0.1, 0.15) is 76.8 Å². The van der Waals surface area contributed by atoms with Crippen molar-refractivity contribution in [2.45, 2.75) is 71.3 Å². The quantitative estimate of drug-likeness (QED) is 0.182. The fourth-order valence-electron chi connectivity index (χ4n) is 8.37. The lowest BCUT2D eigenvalue weighted by molar-refractivity contribution is 0.0702. The molecule has 1 aliphatic carbocycles. The molecule has 4 aromatic heterocycles. The first-order chi connectivity index (χ1) is 22.9. The first-order valence-electron chi connectivity index (χ1n) is 17.3. The number of fused-ring (bicyclic) bond motifs is 7. The summed E-state index contributed by atoms with van der Waals surface area (Å²) in [5, 5.41) is 21.9. The minimum absolute atomic E-state index is 0.289. The van der Waals surface area contributed by atoms with Gasteiger partial charge in [-0.05, 0) is 100 Å². The number of hydrogen-bond donors (Lipinski definition) is 2. The number of likely N-dealkylation sites (tertiary alicyclic amines) is 1. The Kier molecular flexibility index (Phi) is 8.32. The Bertz CT molecular complexity index is 1960. The molecule has 0 bridgehead atoms. The number of hydrogen-bond acceptors (Lipinski definition) is 8. The van der Waals surface area contributed by atoms with Crippen LogP contribution in [0.5, 0.6) is 0 Å². The van der Waals surface area contributed by atoms with Crippen LogP contribution in [-0.2, 0) is 6.54 Å². The number of aliphatic hydroxyl groups excluding tert-OH is 1. The highest BCUT2D eigenvalue weighted by molar-refractivity contribution is 7.21. The van der Waals surface area contributed by atoms with Gasteiger partial charge in [-0.25, -0.2) is 14.8 Å². The Labute approximate surface area is 283 Å². The fraction of sp³-hybridized carbons (Fsp3) is 0.486. The van der Waals surface area contributed by atoms with Crippen molar-refractivity contribution >= 4 is 55.4 Å². The van der Waals surface area contributed by atoms with Crippen LogP contribution in [0.4, 0.5) is 5.69 Å². The maximum atomic E-state index is 12.2. The van der Waals surface area contributed by atoms with E-state index in [1.807, 2.05) is 6.07 Å². The largest absolute Gasteiger partial charge is 0.477 e. The average Bonchev–Trinajstić information content (AvgIpc) is 3.73. The van der Waals surface area contributed by atoms with E-state index in [1.54, 1.807) is 11.3 Å². The van der Waals surface area contributed by atoms with Gasteiger partial charge in [-0.2, -0.15) is 0 Å². The maximum Gasteiger partial charge on any atom is 0.345 e. The molecule has 2 aliphatic heterocycles. The summed E-state index contributed by atoms with van der Waals surface area (Å²) >= 11 is 3.16. The molecule has 2 fully saturated rings. The lowest BCUT2D eigenvalue weighted by Gasteiger charge is -2.34. The Morgan fingerprint density at radius 2 is 1.74 bits per heavy atom. The van der Waals surface area contributed by atoms with Crippen molar-refractivity contribution in [3.8, 4) is 21.8 Å². The molecule has 47 heavy (non-hydrogen) atoms. The summed E-state index contributed by atoms with van der Waals surface area (Å²) in [5.74, 6) is 0.0203. The fourth-order valence-corrected chi connectivity index (χ4v) is 10.4. The summed E-state index contributed by atoms with van der Waals surface area (Å²) in [5.41, 5.74) is 9.22. The van der Waals surface area contributed by atoms with Gasteiger partial charge in [0, 0.05) is 43.7 Å². The molecule has 246 valence electrons. The summed E-state index contributed by atoms with van der Waals surface area (Å²) < 4.78 is 3.62. The first kappa shape index (κ1) is 31.0. The summed E-state index contributed by atoms with van der Waals surface area (Å²) in [4.78, 5) is 28.8. The van der Waals surface area contributed by atoms with Crippen molar-refractivity contribution in [1.82, 2.24) is 19.4 Å². The van der Waals surface area contributed by atoms with Crippen LogP contribution in [0.25, 0.3) is 42.9 Å². The molecule has 8 nitrogen and oxygen atoms in total. The van der Waals surface area contributed by atoms with E-state index in [1.165, 1.54) is 63.2 Å². The number of aromatic carboxylic acids is 1. The second-order valence-corrected chi connectivity index (χ2v) is 16.0. The van der Waals surface area contributed by atoms with Crippen molar-refractivity contribution in [3.63, 3.8) is 0 Å². The van der Waals surface area contributed by atoms with Gasteiger partial charge >= 0.3 is 5.97 Å². The number of nitrogens with zero attached hydrogens (tertiary/aromatic N) is 5. The summed E-state index contributed by atoms with van der Waals surface area (Å²) in [6.45, 7) is 9.98. The summed E-state index contributed by atoms with van der Waals surface area (Å²) in [6.07, 6.45) is 8.14. The third-order valence-corrected chi connectivity index (χ3v) is 13.0. The third kappa shape index (κ3) is 5.57. The van der Waals surface area contributed by atoms with E-state index in [2.05, 4.69) is 57.5 Å². The van der Waals surface area contributed by atoms with E-state index in [4.69, 9.17) is 4.98 Å². The van der Waals surface area contributed by atoms with E-state index in [9.17, 15) is 15.0 Å². The number of thiophene rings is 1. The predicted molar refractivity (Wildman–Crippen MR) is 192 cm³/mol. The van der Waals surface area contributed by atoms with Gasteiger partial charge in [0.1, 0.15) is 4.88 Å². The minimum Gasteiger partial charge on any atom is -0.477 e. The van der Waals surface area contributed by atoms with E-state index in [-0.39, 0.29) is 6.61 Å². The number of anilines is 1. The number of rotatable bonds is 7. The number of aliphatic hydroxyl groups is 1. The lowest BCUT2D eigenvalue weighted by Crippen LogP contribution is -2.41. The number of carboxylic acids is 1. The number of aryl methyl sites for hydroxylation is 2. The molecule has 3 aliphatic rings. The molecule has 8 rings (SSSR count). The number of piperidine rings is 1. The number of pyridine rings is 1. The first-order valence-corrected chi connectivity index (χ1v) is 18.9. The van der Waals surface area contributed by atoms with Gasteiger partial charge in [0.2, 0.25) is 0 Å². The second kappa shape index (κ2) is 12.6. The van der Waals surface area contributed by atoms with Crippen LogP contribution in [0.15, 0.2) is 30.3 Å². The standard InChI is InChI=1S/C37H43N5O3S2/c1-22-35(46-23(2)38-22)29-11-8-26-28(39-29)10-9-27-33(26)41(17-16-40-14-12-24(21-43)13-15-40)18-19-42-30-20-31(37(44)45)47-36(30)32(34(27)42)25-6-4-3-5-7-25/h8-11,20,24-25,43H,3-7,12-19,21H2,1-2H3,(H,44,45). The van der Waals surface area contributed by atoms with Crippen LogP contribution in [0.2, 0.25) is 0 Å². The Morgan fingerprint density at radius 3 is 2.47 bits per heavy atom. The number of thiazole rings is 1. The Morgan fingerprint density at radius 1 is 0.936 bits per heavy atom. The highest BCUT2D eigenvalue weighted by atomic mass is 32.1. The normalized spacial score (nSPS) is 18.1. The topological polar surface area (TPSA) is 94.7 Å². The molecule has 10 heteroatoms. The molecule has 0 spiro atoms. The Hall–Kier alpha value is -3.31. The van der Waals surface area contributed by atoms with Crippen LogP contribution in [0.3, 0.4) is 0 Å². The molecule has 0 amide bonds. The zero-order chi connectivity index (χ0) is 32.2. The highest BCUT2D eigenvalue weighted by Gasteiger charge is 2.33. The van der Waals surface area contributed by atoms with Crippen LogP contribution in [0, 0.1) is 19.8 Å². The molecular weight excluding hydrogens is 627 g/mol. The van der Waals surface area contributed by atoms with Crippen LogP contribution >= 0.6 is 22.7 Å². The van der Waals surface area contributed by atoms with E-state index in [0.29, 0.717) is 16.7 Å². The zero-order valence-corrected chi connectivity index (χ0v) is 28.9. The van der Waals surface area contributed by atoms with Gasteiger partial charge in [0.25, 0.3) is 0 Å². The van der Waals surface area contributed by atoms with E-state index in [0.717, 1.165) is 97.3 Å². The van der Waals surface area contributed by atoms with Crippen molar-refractivity contribution < 1.29 is 15.0 Å². The summed E-state index contributed by atoms with van der Waals surface area (Å²) in [7, 11) is 0. The average molecular weight is 670 g/mol. The molecule has 0 atom stereocenters. The molecule has 0 unspecified atom stereocenters.